The number of benzene rings is 2. The molecule has 0 bridgehead atoms. The van der Waals surface area contributed by atoms with E-state index in [4.69, 9.17) is 0 Å². The summed E-state index contributed by atoms with van der Waals surface area (Å²) in [6.45, 7) is 4.32. The Morgan fingerprint density at radius 1 is 1.03 bits per heavy atom. The molecule has 0 aliphatic heterocycles. The number of hydrogen-bond acceptors (Lipinski definition) is 2. The molecule has 2 N–H and O–H groups in total. The summed E-state index contributed by atoms with van der Waals surface area (Å²) in [7, 11) is 0. The van der Waals surface area contributed by atoms with Gasteiger partial charge in [-0.25, -0.2) is 4.79 Å². The zero-order valence-corrected chi connectivity index (χ0v) is 17.3. The molecule has 0 heterocycles. The lowest BCUT2D eigenvalue weighted by molar-refractivity contribution is -0.274. The maximum atomic E-state index is 12.6. The molecule has 0 saturated carbocycles. The number of hydrogen-bond donors (Lipinski definition) is 2. The Bertz CT molecular complexity index is 764. The SMILES string of the molecule is CCCCC(CC)CC(NC(=O)Nc1ccc(OC(F)(F)F)cc1)c1ccccc1. The molecule has 0 aliphatic rings. The second kappa shape index (κ2) is 11.5. The molecule has 0 aliphatic carbocycles. The quantitative estimate of drug-likeness (QED) is 0.431. The summed E-state index contributed by atoms with van der Waals surface area (Å²) in [6, 6.07) is 14.3. The lowest BCUT2D eigenvalue weighted by Crippen LogP contribution is -2.33. The normalized spacial score (nSPS) is 13.4. The summed E-state index contributed by atoms with van der Waals surface area (Å²) in [5.74, 6) is 0.159. The molecule has 164 valence electrons. The molecule has 4 nitrogen and oxygen atoms in total. The maximum Gasteiger partial charge on any atom is 0.573 e. The van der Waals surface area contributed by atoms with E-state index in [1.54, 1.807) is 0 Å². The Labute approximate surface area is 175 Å². The second-order valence-corrected chi connectivity index (χ2v) is 7.29. The van der Waals surface area contributed by atoms with Gasteiger partial charge in [0.2, 0.25) is 0 Å². The molecule has 2 aromatic carbocycles. The first kappa shape index (κ1) is 23.6. The van der Waals surface area contributed by atoms with E-state index in [0.717, 1.165) is 49.8 Å². The fourth-order valence-corrected chi connectivity index (χ4v) is 3.34. The van der Waals surface area contributed by atoms with Crippen LogP contribution >= 0.6 is 0 Å². The van der Waals surface area contributed by atoms with Crippen molar-refractivity contribution in [1.82, 2.24) is 5.32 Å². The van der Waals surface area contributed by atoms with Gasteiger partial charge < -0.3 is 15.4 Å². The van der Waals surface area contributed by atoms with Crippen LogP contribution in [0.25, 0.3) is 0 Å². The molecule has 30 heavy (non-hydrogen) atoms. The molecule has 0 spiro atoms. The van der Waals surface area contributed by atoms with Crippen molar-refractivity contribution in [3.8, 4) is 5.75 Å². The minimum Gasteiger partial charge on any atom is -0.406 e. The number of anilines is 1. The number of carbonyl (C=O) groups excluding carboxylic acids is 1. The molecule has 0 fully saturated rings. The molecular formula is C23H29F3N2O2. The van der Waals surface area contributed by atoms with Gasteiger partial charge in [0.15, 0.2) is 0 Å². The number of halogens is 3. The third kappa shape index (κ3) is 8.35. The van der Waals surface area contributed by atoms with E-state index in [1.807, 2.05) is 30.3 Å². The summed E-state index contributed by atoms with van der Waals surface area (Å²) in [4.78, 5) is 12.6. The van der Waals surface area contributed by atoms with Crippen molar-refractivity contribution in [2.45, 2.75) is 58.4 Å². The van der Waals surface area contributed by atoms with Gasteiger partial charge in [-0.3, -0.25) is 0 Å². The maximum absolute atomic E-state index is 12.6. The highest BCUT2D eigenvalue weighted by Gasteiger charge is 2.31. The summed E-state index contributed by atoms with van der Waals surface area (Å²) in [5, 5.41) is 5.69. The standard InChI is InChI=1S/C23H29F3N2O2/c1-3-5-9-17(4-2)16-21(18-10-7-6-8-11-18)28-22(29)27-19-12-14-20(15-13-19)30-23(24,25)26/h6-8,10-15,17,21H,3-5,9,16H2,1-2H3,(H2,27,28,29). The van der Waals surface area contributed by atoms with Crippen LogP contribution in [0.2, 0.25) is 0 Å². The van der Waals surface area contributed by atoms with Crippen molar-refractivity contribution in [1.29, 1.82) is 0 Å². The topological polar surface area (TPSA) is 50.4 Å². The van der Waals surface area contributed by atoms with Crippen molar-refractivity contribution in [2.75, 3.05) is 5.32 Å². The number of amides is 2. The minimum absolute atomic E-state index is 0.152. The summed E-state index contributed by atoms with van der Waals surface area (Å²) in [6.07, 6.45) is 0.510. The van der Waals surface area contributed by atoms with Crippen LogP contribution in [-0.2, 0) is 0 Å². The Morgan fingerprint density at radius 3 is 2.27 bits per heavy atom. The van der Waals surface area contributed by atoms with E-state index >= 15 is 0 Å². The predicted molar refractivity (Wildman–Crippen MR) is 112 cm³/mol. The molecule has 0 aromatic heterocycles. The van der Waals surface area contributed by atoms with Crippen molar-refractivity contribution >= 4 is 11.7 Å². The van der Waals surface area contributed by atoms with Gasteiger partial charge in [0.05, 0.1) is 6.04 Å². The van der Waals surface area contributed by atoms with E-state index in [9.17, 15) is 18.0 Å². The number of unbranched alkanes of at least 4 members (excludes halogenated alkanes) is 1. The molecule has 0 radical (unpaired) electrons. The largest absolute Gasteiger partial charge is 0.573 e. The molecule has 2 unspecified atom stereocenters. The van der Waals surface area contributed by atoms with Crippen molar-refractivity contribution < 1.29 is 22.7 Å². The average Bonchev–Trinajstić information content (AvgIpc) is 2.71. The van der Waals surface area contributed by atoms with Crippen LogP contribution < -0.4 is 15.4 Å². The monoisotopic (exact) mass is 422 g/mol. The molecule has 2 rings (SSSR count). The Kier molecular flexibility index (Phi) is 9.02. The number of ether oxygens (including phenoxy) is 1. The smallest absolute Gasteiger partial charge is 0.406 e. The predicted octanol–water partition coefficient (Wildman–Crippen LogP) is 7.05. The Morgan fingerprint density at radius 2 is 1.70 bits per heavy atom. The highest BCUT2D eigenvalue weighted by Crippen LogP contribution is 2.27. The molecule has 0 saturated heterocycles. The van der Waals surface area contributed by atoms with Crippen molar-refractivity contribution in [2.24, 2.45) is 5.92 Å². The fourth-order valence-electron chi connectivity index (χ4n) is 3.34. The van der Waals surface area contributed by atoms with Gasteiger partial charge in [0.1, 0.15) is 5.75 Å². The fraction of sp³-hybridized carbons (Fsp3) is 0.435. The number of alkyl halides is 3. The van der Waals surface area contributed by atoms with Crippen molar-refractivity contribution in [3.63, 3.8) is 0 Å². The van der Waals surface area contributed by atoms with Gasteiger partial charge in [-0.15, -0.1) is 13.2 Å². The number of urea groups is 1. The zero-order valence-electron chi connectivity index (χ0n) is 17.3. The molecule has 2 amide bonds. The van der Waals surface area contributed by atoms with Crippen LogP contribution in [-0.4, -0.2) is 12.4 Å². The van der Waals surface area contributed by atoms with E-state index < -0.39 is 12.4 Å². The molecule has 2 atom stereocenters. The van der Waals surface area contributed by atoms with Gasteiger partial charge in [-0.2, -0.15) is 0 Å². The summed E-state index contributed by atoms with van der Waals surface area (Å²) < 4.78 is 40.6. The van der Waals surface area contributed by atoms with E-state index in [0.29, 0.717) is 11.6 Å². The first-order valence-corrected chi connectivity index (χ1v) is 10.3. The van der Waals surface area contributed by atoms with Crippen LogP contribution in [0.15, 0.2) is 54.6 Å². The van der Waals surface area contributed by atoms with Gasteiger partial charge in [0.25, 0.3) is 0 Å². The minimum atomic E-state index is -4.75. The zero-order chi connectivity index (χ0) is 22.0. The third-order valence-corrected chi connectivity index (χ3v) is 4.97. The van der Waals surface area contributed by atoms with Gasteiger partial charge in [0, 0.05) is 5.69 Å². The highest BCUT2D eigenvalue weighted by atomic mass is 19.4. The van der Waals surface area contributed by atoms with Gasteiger partial charge in [-0.05, 0) is 42.2 Å². The van der Waals surface area contributed by atoms with Crippen LogP contribution in [0, 0.1) is 5.92 Å². The van der Waals surface area contributed by atoms with Crippen LogP contribution in [0.3, 0.4) is 0 Å². The Hall–Kier alpha value is -2.70. The lowest BCUT2D eigenvalue weighted by atomic mass is 9.89. The second-order valence-electron chi connectivity index (χ2n) is 7.29. The molecule has 2 aromatic rings. The molecule has 7 heteroatoms. The average molecular weight is 422 g/mol. The lowest BCUT2D eigenvalue weighted by Gasteiger charge is -2.24. The third-order valence-electron chi connectivity index (χ3n) is 4.97. The molecular weight excluding hydrogens is 393 g/mol. The van der Waals surface area contributed by atoms with Gasteiger partial charge >= 0.3 is 12.4 Å². The number of nitrogens with one attached hydrogen (secondary N) is 2. The number of carbonyl (C=O) groups is 1. The highest BCUT2D eigenvalue weighted by molar-refractivity contribution is 5.89. The summed E-state index contributed by atoms with van der Waals surface area (Å²) >= 11 is 0. The van der Waals surface area contributed by atoms with E-state index in [-0.39, 0.29) is 11.8 Å². The van der Waals surface area contributed by atoms with Gasteiger partial charge in [-0.1, -0.05) is 69.9 Å². The van der Waals surface area contributed by atoms with Crippen LogP contribution in [0.5, 0.6) is 5.75 Å². The Balaban J connectivity index is 2.03. The van der Waals surface area contributed by atoms with Crippen LogP contribution in [0.4, 0.5) is 23.7 Å². The first-order chi connectivity index (χ1) is 14.3. The van der Waals surface area contributed by atoms with Crippen LogP contribution in [0.1, 0.15) is 57.6 Å². The van der Waals surface area contributed by atoms with E-state index in [1.165, 1.54) is 12.1 Å². The van der Waals surface area contributed by atoms with E-state index in [2.05, 4.69) is 29.2 Å². The van der Waals surface area contributed by atoms with Crippen molar-refractivity contribution in [3.05, 3.63) is 60.2 Å². The first-order valence-electron chi connectivity index (χ1n) is 10.3. The number of rotatable bonds is 10. The summed E-state index contributed by atoms with van der Waals surface area (Å²) in [5.41, 5.74) is 1.41.